The molecule has 0 saturated carbocycles. The average Bonchev–Trinajstić information content (AvgIpc) is 2.47. The molecule has 0 radical (unpaired) electrons. The van der Waals surface area contributed by atoms with E-state index in [4.69, 9.17) is 5.26 Å². The van der Waals surface area contributed by atoms with E-state index in [1.54, 1.807) is 36.4 Å². The standard InChI is InChI=1S/C15H11N3O3/c16-10-12-2-1-3-13(8-12)17-15(19)9-11-4-6-14(7-5-11)18(20)21/h1-8H,9H2,(H,17,19). The topological polar surface area (TPSA) is 96.0 Å². The number of nitrogens with one attached hydrogen (secondary N) is 1. The van der Waals surface area contributed by atoms with E-state index in [9.17, 15) is 14.9 Å². The number of nitro benzene ring substituents is 1. The zero-order chi connectivity index (χ0) is 15.2. The molecule has 0 bridgehead atoms. The van der Waals surface area contributed by atoms with Gasteiger partial charge in [-0.3, -0.25) is 14.9 Å². The highest BCUT2D eigenvalue weighted by molar-refractivity contribution is 5.92. The maximum Gasteiger partial charge on any atom is 0.269 e. The predicted molar refractivity (Wildman–Crippen MR) is 76.6 cm³/mol. The number of hydrogen-bond donors (Lipinski definition) is 1. The van der Waals surface area contributed by atoms with Crippen LogP contribution in [0.3, 0.4) is 0 Å². The Labute approximate surface area is 120 Å². The summed E-state index contributed by atoms with van der Waals surface area (Å²) in [5.74, 6) is -0.251. The summed E-state index contributed by atoms with van der Waals surface area (Å²) < 4.78 is 0. The molecule has 0 fully saturated rings. The molecule has 0 aliphatic heterocycles. The number of nitriles is 1. The molecule has 21 heavy (non-hydrogen) atoms. The van der Waals surface area contributed by atoms with Gasteiger partial charge in [0.1, 0.15) is 0 Å². The zero-order valence-electron chi connectivity index (χ0n) is 10.9. The maximum absolute atomic E-state index is 11.9. The molecule has 6 heteroatoms. The van der Waals surface area contributed by atoms with Crippen LogP contribution in [0.5, 0.6) is 0 Å². The van der Waals surface area contributed by atoms with E-state index in [2.05, 4.69) is 5.32 Å². The second-order valence-electron chi connectivity index (χ2n) is 4.34. The van der Waals surface area contributed by atoms with Crippen molar-refractivity contribution in [3.63, 3.8) is 0 Å². The molecule has 1 N–H and O–H groups in total. The lowest BCUT2D eigenvalue weighted by Crippen LogP contribution is -2.14. The third-order valence-electron chi connectivity index (χ3n) is 2.79. The van der Waals surface area contributed by atoms with Crippen LogP contribution in [0.1, 0.15) is 11.1 Å². The molecule has 104 valence electrons. The summed E-state index contributed by atoms with van der Waals surface area (Å²) in [5, 5.41) is 22.0. The van der Waals surface area contributed by atoms with Crippen LogP contribution in [0.25, 0.3) is 0 Å². The van der Waals surface area contributed by atoms with E-state index in [0.717, 1.165) is 0 Å². The smallest absolute Gasteiger partial charge is 0.269 e. The normalized spacial score (nSPS) is 9.67. The van der Waals surface area contributed by atoms with Crippen molar-refractivity contribution in [3.05, 3.63) is 69.8 Å². The molecule has 0 aliphatic carbocycles. The Morgan fingerprint density at radius 1 is 1.24 bits per heavy atom. The lowest BCUT2D eigenvalue weighted by molar-refractivity contribution is -0.384. The third-order valence-corrected chi connectivity index (χ3v) is 2.79. The van der Waals surface area contributed by atoms with Gasteiger partial charge in [0.15, 0.2) is 0 Å². The molecule has 2 rings (SSSR count). The number of non-ortho nitro benzene ring substituents is 1. The minimum absolute atomic E-state index is 0.0131. The van der Waals surface area contributed by atoms with Crippen LogP contribution >= 0.6 is 0 Å². The number of amides is 1. The third kappa shape index (κ3) is 3.88. The van der Waals surface area contributed by atoms with E-state index < -0.39 is 4.92 Å². The minimum atomic E-state index is -0.489. The van der Waals surface area contributed by atoms with E-state index in [0.29, 0.717) is 16.8 Å². The number of anilines is 1. The molecule has 0 aliphatic rings. The monoisotopic (exact) mass is 281 g/mol. The van der Waals surface area contributed by atoms with Crippen LogP contribution in [-0.2, 0) is 11.2 Å². The summed E-state index contributed by atoms with van der Waals surface area (Å²) in [6.45, 7) is 0. The molecule has 6 nitrogen and oxygen atoms in total. The Morgan fingerprint density at radius 3 is 2.57 bits per heavy atom. The Hall–Kier alpha value is -3.20. The largest absolute Gasteiger partial charge is 0.326 e. The van der Waals surface area contributed by atoms with Crippen LogP contribution in [-0.4, -0.2) is 10.8 Å². The van der Waals surface area contributed by atoms with Crippen molar-refractivity contribution >= 4 is 17.3 Å². The van der Waals surface area contributed by atoms with Gasteiger partial charge in [-0.1, -0.05) is 18.2 Å². The number of carbonyl (C=O) groups is 1. The van der Waals surface area contributed by atoms with Gasteiger partial charge in [-0.05, 0) is 23.8 Å². The first-order valence-corrected chi connectivity index (χ1v) is 6.12. The van der Waals surface area contributed by atoms with E-state index in [1.807, 2.05) is 6.07 Å². The molecule has 0 aromatic heterocycles. The van der Waals surface area contributed by atoms with Crippen molar-refractivity contribution < 1.29 is 9.72 Å². The minimum Gasteiger partial charge on any atom is -0.326 e. The Bertz CT molecular complexity index is 718. The second-order valence-corrected chi connectivity index (χ2v) is 4.34. The fraction of sp³-hybridized carbons (Fsp3) is 0.0667. The molecule has 0 spiro atoms. The van der Waals surface area contributed by atoms with Crippen molar-refractivity contribution in [3.8, 4) is 6.07 Å². The summed E-state index contributed by atoms with van der Waals surface area (Å²) >= 11 is 0. The Kier molecular flexibility index (Phi) is 4.26. The Morgan fingerprint density at radius 2 is 1.95 bits per heavy atom. The van der Waals surface area contributed by atoms with Gasteiger partial charge in [0, 0.05) is 17.8 Å². The van der Waals surface area contributed by atoms with Gasteiger partial charge in [-0.2, -0.15) is 5.26 Å². The van der Waals surface area contributed by atoms with Gasteiger partial charge in [-0.25, -0.2) is 0 Å². The molecule has 0 unspecified atom stereocenters. The quantitative estimate of drug-likeness (QED) is 0.688. The van der Waals surface area contributed by atoms with Gasteiger partial charge < -0.3 is 5.32 Å². The van der Waals surface area contributed by atoms with Crippen molar-refractivity contribution in [2.75, 3.05) is 5.32 Å². The fourth-order valence-electron chi connectivity index (χ4n) is 1.79. The van der Waals surface area contributed by atoms with Gasteiger partial charge in [0.25, 0.3) is 5.69 Å². The highest BCUT2D eigenvalue weighted by atomic mass is 16.6. The summed E-state index contributed by atoms with van der Waals surface area (Å²) in [5.41, 5.74) is 1.67. The number of nitro groups is 1. The van der Waals surface area contributed by atoms with Gasteiger partial charge >= 0.3 is 0 Å². The molecular weight excluding hydrogens is 270 g/mol. The van der Waals surface area contributed by atoms with E-state index in [-0.39, 0.29) is 18.0 Å². The van der Waals surface area contributed by atoms with Crippen LogP contribution in [0.2, 0.25) is 0 Å². The van der Waals surface area contributed by atoms with Gasteiger partial charge in [0.05, 0.1) is 23.0 Å². The predicted octanol–water partition coefficient (Wildman–Crippen LogP) is 2.65. The van der Waals surface area contributed by atoms with Crippen LogP contribution in [0.15, 0.2) is 48.5 Å². The highest BCUT2D eigenvalue weighted by Gasteiger charge is 2.08. The first-order chi connectivity index (χ1) is 10.1. The summed E-state index contributed by atoms with van der Waals surface area (Å²) in [6.07, 6.45) is 0.106. The van der Waals surface area contributed by atoms with Gasteiger partial charge in [0.2, 0.25) is 5.91 Å². The molecular formula is C15H11N3O3. The second kappa shape index (κ2) is 6.30. The van der Waals surface area contributed by atoms with Gasteiger partial charge in [-0.15, -0.1) is 0 Å². The summed E-state index contributed by atoms with van der Waals surface area (Å²) in [4.78, 5) is 21.9. The van der Waals surface area contributed by atoms with Crippen molar-refractivity contribution in [1.29, 1.82) is 5.26 Å². The lowest BCUT2D eigenvalue weighted by atomic mass is 10.1. The molecule has 0 atom stereocenters. The number of hydrogen-bond acceptors (Lipinski definition) is 4. The number of nitrogens with zero attached hydrogens (tertiary/aromatic N) is 2. The molecule has 0 heterocycles. The van der Waals surface area contributed by atoms with Crippen LogP contribution in [0.4, 0.5) is 11.4 Å². The van der Waals surface area contributed by atoms with Crippen molar-refractivity contribution in [2.24, 2.45) is 0 Å². The molecule has 2 aromatic carbocycles. The van der Waals surface area contributed by atoms with E-state index >= 15 is 0 Å². The van der Waals surface area contributed by atoms with Crippen LogP contribution < -0.4 is 5.32 Å². The molecule has 0 saturated heterocycles. The number of rotatable bonds is 4. The maximum atomic E-state index is 11.9. The van der Waals surface area contributed by atoms with Crippen LogP contribution in [0, 0.1) is 21.4 Å². The zero-order valence-corrected chi connectivity index (χ0v) is 10.9. The lowest BCUT2D eigenvalue weighted by Gasteiger charge is -2.05. The van der Waals surface area contributed by atoms with Crippen molar-refractivity contribution in [2.45, 2.75) is 6.42 Å². The first kappa shape index (κ1) is 14.2. The number of benzene rings is 2. The van der Waals surface area contributed by atoms with E-state index in [1.165, 1.54) is 12.1 Å². The number of carbonyl (C=O) groups excluding carboxylic acids is 1. The Balaban J connectivity index is 2.01. The van der Waals surface area contributed by atoms with Crippen molar-refractivity contribution in [1.82, 2.24) is 0 Å². The summed E-state index contributed by atoms with van der Waals surface area (Å²) in [6, 6.07) is 14.4. The fourth-order valence-corrected chi connectivity index (χ4v) is 1.79. The molecule has 2 aromatic rings. The highest BCUT2D eigenvalue weighted by Crippen LogP contribution is 2.14. The summed E-state index contributed by atoms with van der Waals surface area (Å²) in [7, 11) is 0. The first-order valence-electron chi connectivity index (χ1n) is 6.12. The average molecular weight is 281 g/mol. The SMILES string of the molecule is N#Cc1cccc(NC(=O)Cc2ccc([N+](=O)[O-])cc2)c1. The molecule has 1 amide bonds.